The Labute approximate surface area is 127 Å². The van der Waals surface area contributed by atoms with E-state index in [2.05, 4.69) is 20.6 Å². The highest BCUT2D eigenvalue weighted by Gasteiger charge is 2.00. The summed E-state index contributed by atoms with van der Waals surface area (Å²) < 4.78 is 10.5. The average molecular weight is 294 g/mol. The van der Waals surface area contributed by atoms with E-state index in [1.54, 1.807) is 13.3 Å². The fourth-order valence-corrected chi connectivity index (χ4v) is 1.60. The molecule has 1 aromatic heterocycles. The number of aliphatic imine (C=N–C) groups is 1. The van der Waals surface area contributed by atoms with Crippen molar-refractivity contribution in [1.82, 2.24) is 15.6 Å². The van der Waals surface area contributed by atoms with Crippen LogP contribution in [0.5, 0.6) is 5.88 Å². The van der Waals surface area contributed by atoms with Gasteiger partial charge in [0.15, 0.2) is 5.96 Å². The minimum Gasteiger partial charge on any atom is -0.475 e. The molecule has 0 aliphatic carbocycles. The first-order chi connectivity index (χ1) is 10.2. The Bertz CT molecular complexity index is 418. The van der Waals surface area contributed by atoms with Gasteiger partial charge < -0.3 is 20.1 Å². The summed E-state index contributed by atoms with van der Waals surface area (Å²) in [6.07, 6.45) is 1.92. The largest absolute Gasteiger partial charge is 0.475 e. The van der Waals surface area contributed by atoms with Gasteiger partial charge in [-0.05, 0) is 26.3 Å². The van der Waals surface area contributed by atoms with Gasteiger partial charge in [-0.15, -0.1) is 0 Å². The van der Waals surface area contributed by atoms with E-state index in [-0.39, 0.29) is 6.10 Å². The van der Waals surface area contributed by atoms with Gasteiger partial charge in [0, 0.05) is 32.5 Å². The van der Waals surface area contributed by atoms with Crippen LogP contribution in [0, 0.1) is 0 Å². The summed E-state index contributed by atoms with van der Waals surface area (Å²) in [6.45, 7) is 8.75. The SMILES string of the molecule is CCNC(=NCc1ccc(OC(C)C)nc1)NCCOC. The standard InChI is InChI=1S/C15H26N4O2/c1-5-16-15(17-8-9-20-4)19-11-13-6-7-14(18-10-13)21-12(2)3/h6-7,10,12H,5,8-9,11H2,1-4H3,(H2,16,17,19). The maximum Gasteiger partial charge on any atom is 0.213 e. The van der Waals surface area contributed by atoms with E-state index in [0.717, 1.165) is 24.6 Å². The molecule has 0 aliphatic heterocycles. The minimum atomic E-state index is 0.131. The lowest BCUT2D eigenvalue weighted by molar-refractivity contribution is 0.203. The van der Waals surface area contributed by atoms with Crippen molar-refractivity contribution >= 4 is 5.96 Å². The third-order valence-electron chi connectivity index (χ3n) is 2.52. The lowest BCUT2D eigenvalue weighted by atomic mass is 10.3. The average Bonchev–Trinajstić information content (AvgIpc) is 2.46. The summed E-state index contributed by atoms with van der Waals surface area (Å²) >= 11 is 0. The summed E-state index contributed by atoms with van der Waals surface area (Å²) in [5.41, 5.74) is 1.04. The summed E-state index contributed by atoms with van der Waals surface area (Å²) in [6, 6.07) is 3.85. The van der Waals surface area contributed by atoms with Gasteiger partial charge in [0.2, 0.25) is 5.88 Å². The second-order valence-corrected chi connectivity index (χ2v) is 4.79. The van der Waals surface area contributed by atoms with Crippen LogP contribution in [0.15, 0.2) is 23.3 Å². The molecule has 1 heterocycles. The predicted octanol–water partition coefficient (Wildman–Crippen LogP) is 1.57. The molecular weight excluding hydrogens is 268 g/mol. The second-order valence-electron chi connectivity index (χ2n) is 4.79. The first-order valence-electron chi connectivity index (χ1n) is 7.28. The molecule has 6 nitrogen and oxygen atoms in total. The number of nitrogens with one attached hydrogen (secondary N) is 2. The van der Waals surface area contributed by atoms with Crippen LogP contribution >= 0.6 is 0 Å². The molecule has 1 aromatic rings. The number of guanidine groups is 1. The maximum atomic E-state index is 5.51. The van der Waals surface area contributed by atoms with Crippen LogP contribution in [0.4, 0.5) is 0 Å². The van der Waals surface area contributed by atoms with Crippen LogP contribution in [0.2, 0.25) is 0 Å². The molecule has 0 saturated heterocycles. The molecule has 2 N–H and O–H groups in total. The molecule has 0 amide bonds. The van der Waals surface area contributed by atoms with E-state index in [9.17, 15) is 0 Å². The normalized spacial score (nSPS) is 11.6. The van der Waals surface area contributed by atoms with E-state index in [1.165, 1.54) is 0 Å². The number of rotatable bonds is 8. The fourth-order valence-electron chi connectivity index (χ4n) is 1.60. The zero-order valence-corrected chi connectivity index (χ0v) is 13.3. The monoisotopic (exact) mass is 294 g/mol. The van der Waals surface area contributed by atoms with E-state index in [0.29, 0.717) is 19.0 Å². The van der Waals surface area contributed by atoms with Crippen molar-refractivity contribution in [3.8, 4) is 5.88 Å². The molecular formula is C15H26N4O2. The van der Waals surface area contributed by atoms with Gasteiger partial charge in [0.1, 0.15) is 0 Å². The van der Waals surface area contributed by atoms with Crippen LogP contribution in [0.1, 0.15) is 26.3 Å². The third-order valence-corrected chi connectivity index (χ3v) is 2.52. The highest BCUT2D eigenvalue weighted by Crippen LogP contribution is 2.10. The van der Waals surface area contributed by atoms with Crippen molar-refractivity contribution in [3.63, 3.8) is 0 Å². The number of ether oxygens (including phenoxy) is 2. The lowest BCUT2D eigenvalue weighted by Gasteiger charge is -2.11. The molecule has 0 aliphatic rings. The van der Waals surface area contributed by atoms with Gasteiger partial charge >= 0.3 is 0 Å². The highest BCUT2D eigenvalue weighted by atomic mass is 16.5. The molecule has 0 aromatic carbocycles. The Hall–Kier alpha value is -1.82. The van der Waals surface area contributed by atoms with E-state index in [1.807, 2.05) is 32.9 Å². The number of hydrogen-bond donors (Lipinski definition) is 2. The Morgan fingerprint density at radius 3 is 2.71 bits per heavy atom. The van der Waals surface area contributed by atoms with Gasteiger partial charge in [-0.3, -0.25) is 0 Å². The van der Waals surface area contributed by atoms with E-state index in [4.69, 9.17) is 9.47 Å². The molecule has 1 rings (SSSR count). The van der Waals surface area contributed by atoms with Crippen LogP contribution in [-0.4, -0.2) is 43.9 Å². The fraction of sp³-hybridized carbons (Fsp3) is 0.600. The smallest absolute Gasteiger partial charge is 0.213 e. The topological polar surface area (TPSA) is 67.8 Å². The maximum absolute atomic E-state index is 5.51. The zero-order valence-electron chi connectivity index (χ0n) is 13.3. The van der Waals surface area contributed by atoms with Gasteiger partial charge in [-0.2, -0.15) is 0 Å². The summed E-state index contributed by atoms with van der Waals surface area (Å²) in [5.74, 6) is 1.42. The number of pyridine rings is 1. The number of hydrogen-bond acceptors (Lipinski definition) is 4. The predicted molar refractivity (Wildman–Crippen MR) is 84.7 cm³/mol. The molecule has 0 unspecified atom stereocenters. The minimum absolute atomic E-state index is 0.131. The van der Waals surface area contributed by atoms with E-state index >= 15 is 0 Å². The Morgan fingerprint density at radius 1 is 1.33 bits per heavy atom. The number of nitrogens with zero attached hydrogens (tertiary/aromatic N) is 2. The second kappa shape index (κ2) is 9.99. The molecule has 0 atom stereocenters. The van der Waals surface area contributed by atoms with Crippen LogP contribution in [0.3, 0.4) is 0 Å². The molecule has 0 spiro atoms. The molecule has 0 fully saturated rings. The quantitative estimate of drug-likeness (QED) is 0.433. The number of aromatic nitrogens is 1. The summed E-state index contributed by atoms with van der Waals surface area (Å²) in [7, 11) is 1.68. The van der Waals surface area contributed by atoms with Crippen LogP contribution in [0.25, 0.3) is 0 Å². The Balaban J connectivity index is 2.54. The van der Waals surface area contributed by atoms with Gasteiger partial charge in [0.05, 0.1) is 19.3 Å². The van der Waals surface area contributed by atoms with Crippen molar-refractivity contribution in [1.29, 1.82) is 0 Å². The van der Waals surface area contributed by atoms with Gasteiger partial charge in [0.25, 0.3) is 0 Å². The van der Waals surface area contributed by atoms with Crippen molar-refractivity contribution < 1.29 is 9.47 Å². The molecule has 21 heavy (non-hydrogen) atoms. The lowest BCUT2D eigenvalue weighted by Crippen LogP contribution is -2.38. The first kappa shape index (κ1) is 17.2. The Morgan fingerprint density at radius 2 is 2.14 bits per heavy atom. The van der Waals surface area contributed by atoms with Crippen molar-refractivity contribution in [2.45, 2.75) is 33.4 Å². The molecule has 0 saturated carbocycles. The third kappa shape index (κ3) is 7.51. The van der Waals surface area contributed by atoms with Gasteiger partial charge in [-0.25, -0.2) is 9.98 Å². The van der Waals surface area contributed by atoms with Crippen molar-refractivity contribution in [3.05, 3.63) is 23.9 Å². The molecule has 0 bridgehead atoms. The molecule has 118 valence electrons. The molecule has 6 heteroatoms. The van der Waals surface area contributed by atoms with Gasteiger partial charge in [-0.1, -0.05) is 6.07 Å². The summed E-state index contributed by atoms with van der Waals surface area (Å²) in [5, 5.41) is 6.39. The van der Waals surface area contributed by atoms with Crippen molar-refractivity contribution in [2.24, 2.45) is 4.99 Å². The van der Waals surface area contributed by atoms with Crippen LogP contribution < -0.4 is 15.4 Å². The zero-order chi connectivity index (χ0) is 15.5. The summed E-state index contributed by atoms with van der Waals surface area (Å²) in [4.78, 5) is 8.77. The Kier molecular flexibility index (Phi) is 8.19. The van der Waals surface area contributed by atoms with E-state index < -0.39 is 0 Å². The molecule has 0 radical (unpaired) electrons. The van der Waals surface area contributed by atoms with Crippen LogP contribution in [-0.2, 0) is 11.3 Å². The number of methoxy groups -OCH3 is 1. The first-order valence-corrected chi connectivity index (χ1v) is 7.28. The van der Waals surface area contributed by atoms with Crippen molar-refractivity contribution in [2.75, 3.05) is 26.8 Å². The highest BCUT2D eigenvalue weighted by molar-refractivity contribution is 5.79.